The number of carboxylic acids is 1. The molecule has 96 valence electrons. The first-order valence-corrected chi connectivity index (χ1v) is 5.63. The van der Waals surface area contributed by atoms with E-state index in [0.29, 0.717) is 18.8 Å². The molecule has 0 spiro atoms. The van der Waals surface area contributed by atoms with Crippen molar-refractivity contribution in [3.05, 3.63) is 17.2 Å². The monoisotopic (exact) mass is 270 g/mol. The number of amides is 1. The highest BCUT2D eigenvalue weighted by Gasteiger charge is 2.29. The number of hydrogen-bond donors (Lipinski definition) is 2. The van der Waals surface area contributed by atoms with E-state index in [1.165, 1.54) is 13.1 Å². The zero-order valence-electron chi connectivity index (χ0n) is 9.55. The van der Waals surface area contributed by atoms with E-state index in [-0.39, 0.29) is 22.9 Å². The van der Waals surface area contributed by atoms with Crippen molar-refractivity contribution in [1.82, 2.24) is 14.9 Å². The fraction of sp³-hybridized carbons (Fsp3) is 0.400. The van der Waals surface area contributed by atoms with Crippen LogP contribution >= 0.6 is 11.6 Å². The number of nitrogens with one attached hydrogen (secondary N) is 1. The minimum Gasteiger partial charge on any atom is -0.476 e. The van der Waals surface area contributed by atoms with E-state index in [1.807, 2.05) is 0 Å². The number of halogens is 1. The summed E-state index contributed by atoms with van der Waals surface area (Å²) in [6.45, 7) is 2.57. The van der Waals surface area contributed by atoms with Gasteiger partial charge in [0.1, 0.15) is 0 Å². The Bertz CT molecular complexity index is 502. The van der Waals surface area contributed by atoms with Crippen LogP contribution in [0.25, 0.3) is 0 Å². The van der Waals surface area contributed by atoms with Crippen molar-refractivity contribution in [3.63, 3.8) is 0 Å². The lowest BCUT2D eigenvalue weighted by Gasteiger charge is -2.39. The molecule has 1 fully saturated rings. The standard InChI is InChI=1S/C10H11ClN4O3/c1-5(16)15-3-6(4-15)13-7-2-12-10(11)14-8(7)9(17)18/h2,6,13H,3-4H2,1H3,(H,17,18). The molecule has 1 saturated heterocycles. The summed E-state index contributed by atoms with van der Waals surface area (Å²) in [4.78, 5) is 31.0. The van der Waals surface area contributed by atoms with Gasteiger partial charge in [0.15, 0.2) is 5.69 Å². The van der Waals surface area contributed by atoms with Crippen LogP contribution in [-0.2, 0) is 4.79 Å². The summed E-state index contributed by atoms with van der Waals surface area (Å²) in [6.07, 6.45) is 1.33. The maximum atomic E-state index is 11.0. The van der Waals surface area contributed by atoms with Gasteiger partial charge in [-0.25, -0.2) is 14.8 Å². The third-order valence-corrected chi connectivity index (χ3v) is 2.83. The number of anilines is 1. The molecule has 2 heterocycles. The molecule has 18 heavy (non-hydrogen) atoms. The van der Waals surface area contributed by atoms with Crippen LogP contribution in [0.15, 0.2) is 6.20 Å². The zero-order chi connectivity index (χ0) is 13.3. The van der Waals surface area contributed by atoms with Gasteiger partial charge in [0.05, 0.1) is 17.9 Å². The van der Waals surface area contributed by atoms with Gasteiger partial charge >= 0.3 is 5.97 Å². The first-order chi connectivity index (χ1) is 8.47. The van der Waals surface area contributed by atoms with Crippen molar-refractivity contribution >= 4 is 29.2 Å². The molecule has 0 saturated carbocycles. The average molecular weight is 271 g/mol. The van der Waals surface area contributed by atoms with Crippen LogP contribution in [0, 0.1) is 0 Å². The SMILES string of the molecule is CC(=O)N1CC(Nc2cnc(Cl)nc2C(=O)O)C1. The topological polar surface area (TPSA) is 95.4 Å². The fourth-order valence-corrected chi connectivity index (χ4v) is 1.81. The van der Waals surface area contributed by atoms with Crippen molar-refractivity contribution < 1.29 is 14.7 Å². The van der Waals surface area contributed by atoms with Gasteiger partial charge < -0.3 is 15.3 Å². The first-order valence-electron chi connectivity index (χ1n) is 5.25. The molecule has 2 N–H and O–H groups in total. The van der Waals surface area contributed by atoms with E-state index < -0.39 is 5.97 Å². The fourth-order valence-electron chi connectivity index (χ4n) is 1.68. The van der Waals surface area contributed by atoms with Gasteiger partial charge in [0.2, 0.25) is 11.2 Å². The van der Waals surface area contributed by atoms with Crippen LogP contribution in [0.4, 0.5) is 5.69 Å². The Morgan fingerprint density at radius 2 is 2.22 bits per heavy atom. The highest BCUT2D eigenvalue weighted by Crippen LogP contribution is 2.19. The van der Waals surface area contributed by atoms with Crippen LogP contribution in [0.2, 0.25) is 5.28 Å². The summed E-state index contributed by atoms with van der Waals surface area (Å²) in [5, 5.41) is 11.8. The maximum absolute atomic E-state index is 11.0. The van der Waals surface area contributed by atoms with Crippen molar-refractivity contribution in [2.45, 2.75) is 13.0 Å². The molecule has 8 heteroatoms. The predicted octanol–water partition coefficient (Wildman–Crippen LogP) is 0.471. The van der Waals surface area contributed by atoms with Crippen LogP contribution in [-0.4, -0.2) is 51.0 Å². The van der Waals surface area contributed by atoms with Gasteiger partial charge in [0.25, 0.3) is 0 Å². The number of carbonyl (C=O) groups excluding carboxylic acids is 1. The van der Waals surface area contributed by atoms with Gasteiger partial charge in [-0.15, -0.1) is 0 Å². The molecule has 1 aromatic rings. The Hall–Kier alpha value is -1.89. The summed E-state index contributed by atoms with van der Waals surface area (Å²) in [6, 6.07) is 0.0109. The number of carboxylic acid groups (broad SMARTS) is 1. The van der Waals surface area contributed by atoms with Crippen LogP contribution < -0.4 is 5.32 Å². The molecule has 2 rings (SSSR count). The molecule has 0 aliphatic carbocycles. The second kappa shape index (κ2) is 4.77. The lowest BCUT2D eigenvalue weighted by Crippen LogP contribution is -2.56. The first kappa shape index (κ1) is 12.6. The number of likely N-dealkylation sites (tertiary alicyclic amines) is 1. The Kier molecular flexibility index (Phi) is 3.33. The number of rotatable bonds is 3. The predicted molar refractivity (Wildman–Crippen MR) is 63.7 cm³/mol. The molecule has 0 bridgehead atoms. The molecule has 1 aliphatic heterocycles. The molecular formula is C10H11ClN4O3. The molecule has 0 radical (unpaired) electrons. The van der Waals surface area contributed by atoms with Gasteiger partial charge in [-0.05, 0) is 11.6 Å². The van der Waals surface area contributed by atoms with Gasteiger partial charge in [-0.1, -0.05) is 0 Å². The number of hydrogen-bond acceptors (Lipinski definition) is 5. The summed E-state index contributed by atoms with van der Waals surface area (Å²) in [7, 11) is 0. The van der Waals surface area contributed by atoms with Crippen molar-refractivity contribution in [1.29, 1.82) is 0 Å². The van der Waals surface area contributed by atoms with E-state index in [9.17, 15) is 9.59 Å². The highest BCUT2D eigenvalue weighted by molar-refractivity contribution is 6.28. The van der Waals surface area contributed by atoms with E-state index in [2.05, 4.69) is 15.3 Å². The minimum atomic E-state index is -1.18. The number of nitrogens with zero attached hydrogens (tertiary/aromatic N) is 3. The normalized spacial score (nSPS) is 15.1. The second-order valence-electron chi connectivity index (χ2n) is 3.97. The van der Waals surface area contributed by atoms with Crippen molar-refractivity contribution in [3.8, 4) is 0 Å². The summed E-state index contributed by atoms with van der Waals surface area (Å²) >= 11 is 5.54. The van der Waals surface area contributed by atoms with Crippen LogP contribution in [0.3, 0.4) is 0 Å². The largest absolute Gasteiger partial charge is 0.476 e. The third-order valence-electron chi connectivity index (χ3n) is 2.65. The van der Waals surface area contributed by atoms with E-state index in [4.69, 9.17) is 16.7 Å². The molecule has 0 aromatic carbocycles. The summed E-state index contributed by atoms with van der Waals surface area (Å²) in [5.41, 5.74) is 0.136. The van der Waals surface area contributed by atoms with Crippen molar-refractivity contribution in [2.75, 3.05) is 18.4 Å². The highest BCUT2D eigenvalue weighted by atomic mass is 35.5. The van der Waals surface area contributed by atoms with E-state index in [1.54, 1.807) is 4.90 Å². The molecule has 0 atom stereocenters. The molecule has 1 aliphatic rings. The maximum Gasteiger partial charge on any atom is 0.356 e. The summed E-state index contributed by atoms with van der Waals surface area (Å²) < 4.78 is 0. The van der Waals surface area contributed by atoms with Gasteiger partial charge in [0, 0.05) is 20.0 Å². The third kappa shape index (κ3) is 2.51. The molecule has 1 amide bonds. The Balaban J connectivity index is 2.07. The van der Waals surface area contributed by atoms with E-state index >= 15 is 0 Å². The Morgan fingerprint density at radius 3 is 2.78 bits per heavy atom. The molecular weight excluding hydrogens is 260 g/mol. The minimum absolute atomic E-state index is 0.00105. The second-order valence-corrected chi connectivity index (χ2v) is 4.31. The number of aromatic carboxylic acids is 1. The van der Waals surface area contributed by atoms with Gasteiger partial charge in [-0.3, -0.25) is 4.79 Å². The van der Waals surface area contributed by atoms with Crippen molar-refractivity contribution in [2.24, 2.45) is 0 Å². The summed E-state index contributed by atoms with van der Waals surface area (Å²) in [5.74, 6) is -1.18. The average Bonchev–Trinajstić information content (AvgIpc) is 2.23. The molecule has 1 aromatic heterocycles. The van der Waals surface area contributed by atoms with Gasteiger partial charge in [-0.2, -0.15) is 0 Å². The Morgan fingerprint density at radius 1 is 1.56 bits per heavy atom. The Labute approximate surface area is 108 Å². The smallest absolute Gasteiger partial charge is 0.356 e. The lowest BCUT2D eigenvalue weighted by atomic mass is 10.1. The number of aromatic nitrogens is 2. The quantitative estimate of drug-likeness (QED) is 0.775. The van der Waals surface area contributed by atoms with Crippen LogP contribution in [0.5, 0.6) is 0 Å². The molecule has 7 nitrogen and oxygen atoms in total. The zero-order valence-corrected chi connectivity index (χ0v) is 10.3. The lowest BCUT2D eigenvalue weighted by molar-refractivity contribution is -0.132. The van der Waals surface area contributed by atoms with E-state index in [0.717, 1.165) is 0 Å². The molecule has 0 unspecified atom stereocenters. The van der Waals surface area contributed by atoms with Crippen LogP contribution in [0.1, 0.15) is 17.4 Å². The number of carbonyl (C=O) groups is 2.